The first kappa shape index (κ1) is 13.9. The number of carbonyl (C=O) groups is 1. The van der Waals surface area contributed by atoms with Gasteiger partial charge < -0.3 is 9.47 Å². The molecule has 2 aromatic rings. The molecular weight excluding hydrogens is 332 g/mol. The number of fused-ring (bicyclic) bond motifs is 1. The van der Waals surface area contributed by atoms with E-state index in [4.69, 9.17) is 9.47 Å². The van der Waals surface area contributed by atoms with Gasteiger partial charge in [-0.25, -0.2) is 4.79 Å². The molecule has 1 heterocycles. The minimum atomic E-state index is -0.399. The normalized spacial score (nSPS) is 17.1. The molecule has 0 spiro atoms. The lowest BCUT2D eigenvalue weighted by molar-refractivity contribution is -0.131. The van der Waals surface area contributed by atoms with Crippen molar-refractivity contribution >= 4 is 21.9 Å². The standard InChI is InChI=1S/C17H13BrO3/c1-10-16(11-3-5-12(18)6-4-11)14-8-7-13(20-2)9-15(14)21-17(10)19/h3-9,16H,1H2,2H3. The number of hydrogen-bond acceptors (Lipinski definition) is 3. The van der Waals surface area contributed by atoms with Gasteiger partial charge in [-0.05, 0) is 23.8 Å². The zero-order valence-corrected chi connectivity index (χ0v) is 13.0. The Balaban J connectivity index is 2.13. The maximum Gasteiger partial charge on any atom is 0.339 e. The van der Waals surface area contributed by atoms with E-state index in [-0.39, 0.29) is 5.92 Å². The average molecular weight is 345 g/mol. The molecule has 1 atom stereocenters. The molecule has 1 unspecified atom stereocenters. The largest absolute Gasteiger partial charge is 0.497 e. The molecule has 3 rings (SSSR count). The summed E-state index contributed by atoms with van der Waals surface area (Å²) in [7, 11) is 1.58. The highest BCUT2D eigenvalue weighted by Gasteiger charge is 2.32. The zero-order valence-electron chi connectivity index (χ0n) is 11.4. The summed E-state index contributed by atoms with van der Waals surface area (Å²) in [4.78, 5) is 12.0. The van der Waals surface area contributed by atoms with Crippen LogP contribution in [0.4, 0.5) is 0 Å². The summed E-state index contributed by atoms with van der Waals surface area (Å²) in [6, 6.07) is 13.4. The minimum absolute atomic E-state index is 0.194. The van der Waals surface area contributed by atoms with E-state index in [1.165, 1.54) is 0 Å². The van der Waals surface area contributed by atoms with Crippen LogP contribution in [0.3, 0.4) is 0 Å². The van der Waals surface area contributed by atoms with E-state index < -0.39 is 5.97 Å². The lowest BCUT2D eigenvalue weighted by Crippen LogP contribution is -2.23. The molecule has 0 aromatic heterocycles. The Hall–Kier alpha value is -2.07. The van der Waals surface area contributed by atoms with Crippen molar-refractivity contribution in [1.29, 1.82) is 0 Å². The maximum atomic E-state index is 12.0. The molecule has 2 aromatic carbocycles. The van der Waals surface area contributed by atoms with Gasteiger partial charge in [0, 0.05) is 27.6 Å². The molecule has 106 valence electrons. The molecule has 0 amide bonds. The fourth-order valence-electron chi connectivity index (χ4n) is 2.48. The van der Waals surface area contributed by atoms with Gasteiger partial charge >= 0.3 is 5.97 Å². The highest BCUT2D eigenvalue weighted by atomic mass is 79.9. The minimum Gasteiger partial charge on any atom is -0.497 e. The average Bonchev–Trinajstić information content (AvgIpc) is 2.49. The molecule has 0 bridgehead atoms. The van der Waals surface area contributed by atoms with E-state index >= 15 is 0 Å². The van der Waals surface area contributed by atoms with Gasteiger partial charge in [0.15, 0.2) is 0 Å². The maximum absolute atomic E-state index is 12.0. The third-order valence-electron chi connectivity index (χ3n) is 3.55. The second-order valence-corrected chi connectivity index (χ2v) is 5.72. The highest BCUT2D eigenvalue weighted by Crippen LogP contribution is 2.42. The second-order valence-electron chi connectivity index (χ2n) is 4.80. The van der Waals surface area contributed by atoms with Crippen molar-refractivity contribution in [2.75, 3.05) is 7.11 Å². The number of ether oxygens (including phenoxy) is 2. The number of benzene rings is 2. The number of halogens is 1. The van der Waals surface area contributed by atoms with Gasteiger partial charge in [0.05, 0.1) is 7.11 Å². The number of rotatable bonds is 2. The predicted octanol–water partition coefficient (Wildman–Crippen LogP) is 4.06. The molecule has 3 nitrogen and oxygen atoms in total. The molecule has 0 aliphatic carbocycles. The van der Waals surface area contributed by atoms with E-state index in [0.29, 0.717) is 17.1 Å². The van der Waals surface area contributed by atoms with Crippen LogP contribution in [-0.4, -0.2) is 13.1 Å². The molecule has 0 saturated carbocycles. The number of hydrogen-bond donors (Lipinski definition) is 0. The molecule has 0 radical (unpaired) electrons. The van der Waals surface area contributed by atoms with Crippen molar-refractivity contribution < 1.29 is 14.3 Å². The Morgan fingerprint density at radius 3 is 2.57 bits per heavy atom. The molecular formula is C17H13BrO3. The van der Waals surface area contributed by atoms with Gasteiger partial charge in [0.25, 0.3) is 0 Å². The van der Waals surface area contributed by atoms with E-state index in [1.807, 2.05) is 36.4 Å². The fourth-order valence-corrected chi connectivity index (χ4v) is 2.74. The molecule has 21 heavy (non-hydrogen) atoms. The van der Waals surface area contributed by atoms with E-state index in [1.54, 1.807) is 13.2 Å². The Labute approximate surface area is 131 Å². The molecule has 1 aliphatic rings. The Morgan fingerprint density at radius 2 is 1.90 bits per heavy atom. The van der Waals surface area contributed by atoms with Crippen LogP contribution in [0.1, 0.15) is 17.0 Å². The van der Waals surface area contributed by atoms with Crippen LogP contribution < -0.4 is 9.47 Å². The predicted molar refractivity (Wildman–Crippen MR) is 83.8 cm³/mol. The summed E-state index contributed by atoms with van der Waals surface area (Å²) in [5.41, 5.74) is 2.36. The van der Waals surface area contributed by atoms with Crippen molar-refractivity contribution in [3.05, 3.63) is 70.2 Å². The quantitative estimate of drug-likeness (QED) is 0.468. The molecule has 0 saturated heterocycles. The Morgan fingerprint density at radius 1 is 1.19 bits per heavy atom. The first-order valence-electron chi connectivity index (χ1n) is 6.44. The second kappa shape index (κ2) is 5.37. The summed E-state index contributed by atoms with van der Waals surface area (Å²) in [6.45, 7) is 3.90. The number of methoxy groups -OCH3 is 1. The van der Waals surface area contributed by atoms with Crippen molar-refractivity contribution in [2.24, 2.45) is 0 Å². The van der Waals surface area contributed by atoms with Gasteiger partial charge in [-0.3, -0.25) is 0 Å². The van der Waals surface area contributed by atoms with Crippen molar-refractivity contribution in [3.8, 4) is 11.5 Å². The monoisotopic (exact) mass is 344 g/mol. The fraction of sp³-hybridized carbons (Fsp3) is 0.118. The van der Waals surface area contributed by atoms with Crippen molar-refractivity contribution in [2.45, 2.75) is 5.92 Å². The lowest BCUT2D eigenvalue weighted by Gasteiger charge is -2.27. The van der Waals surface area contributed by atoms with E-state index in [0.717, 1.165) is 15.6 Å². The van der Waals surface area contributed by atoms with Crippen LogP contribution in [0.5, 0.6) is 11.5 Å². The van der Waals surface area contributed by atoms with E-state index in [2.05, 4.69) is 22.5 Å². The smallest absolute Gasteiger partial charge is 0.339 e. The molecule has 4 heteroatoms. The van der Waals surface area contributed by atoms with Gasteiger partial charge in [-0.2, -0.15) is 0 Å². The van der Waals surface area contributed by atoms with Crippen LogP contribution in [0.2, 0.25) is 0 Å². The summed E-state index contributed by atoms with van der Waals surface area (Å²) in [6.07, 6.45) is 0. The summed E-state index contributed by atoms with van der Waals surface area (Å²) >= 11 is 3.42. The zero-order chi connectivity index (χ0) is 15.0. The lowest BCUT2D eigenvalue weighted by atomic mass is 9.83. The van der Waals surface area contributed by atoms with Crippen LogP contribution in [0.15, 0.2) is 59.1 Å². The van der Waals surface area contributed by atoms with Crippen LogP contribution in [-0.2, 0) is 4.79 Å². The summed E-state index contributed by atoms with van der Waals surface area (Å²) < 4.78 is 11.5. The topological polar surface area (TPSA) is 35.5 Å². The third kappa shape index (κ3) is 2.47. The number of carbonyl (C=O) groups excluding carboxylic acids is 1. The van der Waals surface area contributed by atoms with Gasteiger partial charge in [-0.1, -0.05) is 40.7 Å². The van der Waals surface area contributed by atoms with Gasteiger partial charge in [-0.15, -0.1) is 0 Å². The molecule has 0 N–H and O–H groups in total. The van der Waals surface area contributed by atoms with Crippen LogP contribution >= 0.6 is 15.9 Å². The molecule has 0 fully saturated rings. The first-order valence-corrected chi connectivity index (χ1v) is 7.24. The Bertz CT molecular complexity index is 719. The Kier molecular flexibility index (Phi) is 3.55. The molecule has 1 aliphatic heterocycles. The van der Waals surface area contributed by atoms with Crippen LogP contribution in [0, 0.1) is 0 Å². The number of esters is 1. The van der Waals surface area contributed by atoms with Gasteiger partial charge in [0.1, 0.15) is 11.5 Å². The highest BCUT2D eigenvalue weighted by molar-refractivity contribution is 9.10. The third-order valence-corrected chi connectivity index (χ3v) is 4.08. The first-order chi connectivity index (χ1) is 10.1. The van der Waals surface area contributed by atoms with Crippen LogP contribution in [0.25, 0.3) is 0 Å². The summed E-state index contributed by atoms with van der Waals surface area (Å²) in [5, 5.41) is 0. The van der Waals surface area contributed by atoms with Crippen molar-refractivity contribution in [1.82, 2.24) is 0 Å². The SMILES string of the molecule is C=C1C(=O)Oc2cc(OC)ccc2C1c1ccc(Br)cc1. The van der Waals surface area contributed by atoms with E-state index in [9.17, 15) is 4.79 Å². The summed E-state index contributed by atoms with van der Waals surface area (Å²) in [5.74, 6) is 0.590. The van der Waals surface area contributed by atoms with Gasteiger partial charge in [0.2, 0.25) is 0 Å². The van der Waals surface area contributed by atoms with Crippen molar-refractivity contribution in [3.63, 3.8) is 0 Å².